The van der Waals surface area contributed by atoms with E-state index < -0.39 is 0 Å². The molecule has 0 aromatic carbocycles. The molecule has 1 N–H and O–H groups in total. The Balaban J connectivity index is 2.38. The van der Waals surface area contributed by atoms with E-state index in [4.69, 9.17) is 11.6 Å². The average Bonchev–Trinajstić information content (AvgIpc) is 2.47. The molecule has 0 aliphatic rings. The Hall–Kier alpha value is -0.0600. The first-order valence-corrected chi connectivity index (χ1v) is 5.48. The fraction of sp³-hybridized carbons (Fsp3) is 0.286. The van der Waals surface area contributed by atoms with Crippen LogP contribution in [0.2, 0.25) is 0 Å². The predicted molar refractivity (Wildman–Crippen MR) is 54.6 cm³/mol. The maximum Gasteiger partial charge on any atom is 0.235 e. The van der Waals surface area contributed by atoms with Gasteiger partial charge in [0.05, 0.1) is 6.54 Å². The SMILES string of the molecule is O=C(CCl)NCc1cc(Br)cs1. The third kappa shape index (κ3) is 3.13. The number of amides is 1. The molecule has 5 heteroatoms. The minimum absolute atomic E-state index is 0.0204. The van der Waals surface area contributed by atoms with Gasteiger partial charge in [0.25, 0.3) is 0 Å². The molecule has 0 aliphatic heterocycles. The topological polar surface area (TPSA) is 29.1 Å². The molecule has 0 radical (unpaired) electrons. The minimum Gasteiger partial charge on any atom is -0.350 e. The summed E-state index contributed by atoms with van der Waals surface area (Å²) in [5, 5.41) is 4.66. The molecule has 0 atom stereocenters. The van der Waals surface area contributed by atoms with Gasteiger partial charge in [0.15, 0.2) is 0 Å². The Labute approximate surface area is 88.0 Å². The largest absolute Gasteiger partial charge is 0.350 e. The van der Waals surface area contributed by atoms with E-state index in [9.17, 15) is 4.79 Å². The molecule has 66 valence electrons. The molecule has 0 unspecified atom stereocenters. The molecule has 0 bridgehead atoms. The summed E-state index contributed by atoms with van der Waals surface area (Å²) >= 11 is 10.2. The van der Waals surface area contributed by atoms with Gasteiger partial charge in [-0.15, -0.1) is 22.9 Å². The van der Waals surface area contributed by atoms with Crippen LogP contribution in [0.1, 0.15) is 4.88 Å². The van der Waals surface area contributed by atoms with E-state index in [1.807, 2.05) is 11.4 Å². The Bertz CT molecular complexity index is 276. The molecule has 0 saturated heterocycles. The van der Waals surface area contributed by atoms with Crippen LogP contribution in [0, 0.1) is 0 Å². The third-order valence-corrected chi connectivity index (χ3v) is 3.14. The first-order valence-electron chi connectivity index (χ1n) is 3.28. The van der Waals surface area contributed by atoms with Gasteiger partial charge in [-0.1, -0.05) is 0 Å². The molecule has 1 rings (SSSR count). The van der Waals surface area contributed by atoms with Crippen LogP contribution in [-0.2, 0) is 11.3 Å². The number of thiophene rings is 1. The van der Waals surface area contributed by atoms with Crippen molar-refractivity contribution in [2.45, 2.75) is 6.54 Å². The zero-order chi connectivity index (χ0) is 8.97. The number of halogens is 2. The Morgan fingerprint density at radius 1 is 1.75 bits per heavy atom. The molecule has 1 aromatic rings. The van der Waals surface area contributed by atoms with Crippen LogP contribution in [0.3, 0.4) is 0 Å². The summed E-state index contributed by atoms with van der Waals surface area (Å²) in [6.07, 6.45) is 0. The van der Waals surface area contributed by atoms with Crippen LogP contribution in [0.25, 0.3) is 0 Å². The summed E-state index contributed by atoms with van der Waals surface area (Å²) in [4.78, 5) is 11.9. The molecule has 0 fully saturated rings. The summed E-state index contributed by atoms with van der Waals surface area (Å²) in [6.45, 7) is 0.557. The van der Waals surface area contributed by atoms with Crippen molar-refractivity contribution in [2.24, 2.45) is 0 Å². The van der Waals surface area contributed by atoms with Crippen LogP contribution < -0.4 is 5.32 Å². The van der Waals surface area contributed by atoms with Gasteiger partial charge in [-0.25, -0.2) is 0 Å². The molecule has 2 nitrogen and oxygen atoms in total. The minimum atomic E-state index is -0.138. The Kier molecular flexibility index (Phi) is 4.05. The van der Waals surface area contributed by atoms with Crippen LogP contribution in [0.15, 0.2) is 15.9 Å². The van der Waals surface area contributed by atoms with Crippen molar-refractivity contribution in [1.82, 2.24) is 5.32 Å². The monoisotopic (exact) mass is 267 g/mol. The molecule has 1 aromatic heterocycles. The summed E-state index contributed by atoms with van der Waals surface area (Å²) < 4.78 is 1.04. The van der Waals surface area contributed by atoms with E-state index in [2.05, 4.69) is 21.2 Å². The predicted octanol–water partition coefficient (Wildman–Crippen LogP) is 2.37. The maximum absolute atomic E-state index is 10.7. The fourth-order valence-corrected chi connectivity index (χ4v) is 2.16. The number of carbonyl (C=O) groups excluding carboxylic acids is 1. The lowest BCUT2D eigenvalue weighted by molar-refractivity contribution is -0.118. The van der Waals surface area contributed by atoms with Gasteiger partial charge in [-0.3, -0.25) is 4.79 Å². The van der Waals surface area contributed by atoms with Crippen molar-refractivity contribution >= 4 is 44.8 Å². The van der Waals surface area contributed by atoms with E-state index in [1.165, 1.54) is 0 Å². The van der Waals surface area contributed by atoms with Crippen LogP contribution in [-0.4, -0.2) is 11.8 Å². The zero-order valence-corrected chi connectivity index (χ0v) is 9.30. The van der Waals surface area contributed by atoms with Crippen molar-refractivity contribution < 1.29 is 4.79 Å². The van der Waals surface area contributed by atoms with E-state index in [-0.39, 0.29) is 11.8 Å². The number of rotatable bonds is 3. The average molecular weight is 269 g/mol. The standard InChI is InChI=1S/C7H7BrClNOS/c8-5-1-6(12-4-5)3-10-7(11)2-9/h1,4H,2-3H2,(H,10,11). The van der Waals surface area contributed by atoms with Gasteiger partial charge < -0.3 is 5.32 Å². The summed E-state index contributed by atoms with van der Waals surface area (Å²) in [5.41, 5.74) is 0. The van der Waals surface area contributed by atoms with Gasteiger partial charge in [-0.2, -0.15) is 0 Å². The smallest absolute Gasteiger partial charge is 0.235 e. The molecular weight excluding hydrogens is 262 g/mol. The summed E-state index contributed by atoms with van der Waals surface area (Å²) in [7, 11) is 0. The number of carbonyl (C=O) groups is 1. The number of nitrogens with one attached hydrogen (secondary N) is 1. The van der Waals surface area contributed by atoms with Gasteiger partial charge in [0, 0.05) is 14.7 Å². The molecule has 0 spiro atoms. The van der Waals surface area contributed by atoms with Crippen molar-refractivity contribution in [3.63, 3.8) is 0 Å². The van der Waals surface area contributed by atoms with Crippen molar-refractivity contribution in [2.75, 3.05) is 5.88 Å². The lowest BCUT2D eigenvalue weighted by atomic mass is 10.4. The first kappa shape index (κ1) is 10.0. The third-order valence-electron chi connectivity index (χ3n) is 1.20. The van der Waals surface area contributed by atoms with E-state index in [0.29, 0.717) is 6.54 Å². The lowest BCUT2D eigenvalue weighted by Crippen LogP contribution is -2.23. The quantitative estimate of drug-likeness (QED) is 0.838. The number of hydrogen-bond donors (Lipinski definition) is 1. The van der Waals surface area contributed by atoms with Crippen LogP contribution >= 0.6 is 38.9 Å². The molecule has 1 amide bonds. The van der Waals surface area contributed by atoms with Gasteiger partial charge in [-0.05, 0) is 22.0 Å². The summed E-state index contributed by atoms with van der Waals surface area (Å²) in [6, 6.07) is 1.97. The van der Waals surface area contributed by atoms with Gasteiger partial charge in [0.1, 0.15) is 5.88 Å². The highest BCUT2D eigenvalue weighted by Gasteiger charge is 2.00. The molecular formula is C7H7BrClNOS. The fourth-order valence-electron chi connectivity index (χ4n) is 0.679. The number of hydrogen-bond acceptors (Lipinski definition) is 2. The molecule has 12 heavy (non-hydrogen) atoms. The molecule has 1 heterocycles. The maximum atomic E-state index is 10.7. The summed E-state index contributed by atoms with van der Waals surface area (Å²) in [5.74, 6) is -0.117. The highest BCUT2D eigenvalue weighted by Crippen LogP contribution is 2.19. The van der Waals surface area contributed by atoms with Crippen molar-refractivity contribution in [3.05, 3.63) is 20.8 Å². The normalized spacial score (nSPS) is 9.83. The van der Waals surface area contributed by atoms with E-state index in [0.717, 1.165) is 9.35 Å². The van der Waals surface area contributed by atoms with Crippen LogP contribution in [0.5, 0.6) is 0 Å². The molecule has 0 aliphatic carbocycles. The van der Waals surface area contributed by atoms with E-state index in [1.54, 1.807) is 11.3 Å². The van der Waals surface area contributed by atoms with Crippen molar-refractivity contribution in [1.29, 1.82) is 0 Å². The number of alkyl halides is 1. The second-order valence-corrected chi connectivity index (χ2v) is 4.32. The Morgan fingerprint density at radius 3 is 3.00 bits per heavy atom. The van der Waals surface area contributed by atoms with Gasteiger partial charge in [0.2, 0.25) is 5.91 Å². The second kappa shape index (κ2) is 4.84. The highest BCUT2D eigenvalue weighted by atomic mass is 79.9. The molecule has 0 saturated carbocycles. The Morgan fingerprint density at radius 2 is 2.50 bits per heavy atom. The first-order chi connectivity index (χ1) is 5.72. The van der Waals surface area contributed by atoms with Crippen molar-refractivity contribution in [3.8, 4) is 0 Å². The van der Waals surface area contributed by atoms with Gasteiger partial charge >= 0.3 is 0 Å². The lowest BCUT2D eigenvalue weighted by Gasteiger charge is -1.98. The zero-order valence-electron chi connectivity index (χ0n) is 6.14. The second-order valence-electron chi connectivity index (χ2n) is 2.14. The van der Waals surface area contributed by atoms with E-state index >= 15 is 0 Å². The van der Waals surface area contributed by atoms with Crippen LogP contribution in [0.4, 0.5) is 0 Å². The highest BCUT2D eigenvalue weighted by molar-refractivity contribution is 9.10.